The standard InChI is InChI=1S/C38H24N2/c39-37(31-17-11-23-5-1-2-6-26(23)20-31)38(40)32-18-15-27-19-29(16-14-28(27)21-32)34-22-30-9-3-7-24-12-13-25-8-4-10-33(34)36(25)35(24)30/h1-22,39-40H. The van der Waals surface area contributed by atoms with Crippen molar-refractivity contribution in [2.75, 3.05) is 0 Å². The molecule has 0 unspecified atom stereocenters. The minimum atomic E-state index is 0.229. The number of hydrogen-bond donors (Lipinski definition) is 2. The highest BCUT2D eigenvalue weighted by atomic mass is 14.5. The van der Waals surface area contributed by atoms with E-state index in [1.54, 1.807) is 0 Å². The van der Waals surface area contributed by atoms with E-state index in [0.29, 0.717) is 0 Å². The van der Waals surface area contributed by atoms with Crippen molar-refractivity contribution in [3.63, 3.8) is 0 Å². The molecule has 186 valence electrons. The second-order valence-electron chi connectivity index (χ2n) is 10.6. The van der Waals surface area contributed by atoms with Gasteiger partial charge in [-0.3, -0.25) is 10.8 Å². The molecule has 8 aromatic carbocycles. The first-order chi connectivity index (χ1) is 19.6. The van der Waals surface area contributed by atoms with Crippen LogP contribution in [0.4, 0.5) is 0 Å². The average molecular weight is 509 g/mol. The van der Waals surface area contributed by atoms with Crippen LogP contribution in [0, 0.1) is 10.8 Å². The Hall–Kier alpha value is -5.34. The van der Waals surface area contributed by atoms with E-state index in [1.807, 2.05) is 48.5 Å². The molecule has 8 aromatic rings. The van der Waals surface area contributed by atoms with E-state index in [9.17, 15) is 0 Å². The first-order valence-electron chi connectivity index (χ1n) is 13.5. The van der Waals surface area contributed by atoms with Gasteiger partial charge in [-0.15, -0.1) is 0 Å². The van der Waals surface area contributed by atoms with Crippen LogP contribution >= 0.6 is 0 Å². The topological polar surface area (TPSA) is 47.7 Å². The Morgan fingerprint density at radius 2 is 0.900 bits per heavy atom. The predicted octanol–water partition coefficient (Wildman–Crippen LogP) is 9.99. The van der Waals surface area contributed by atoms with Crippen LogP contribution in [0.2, 0.25) is 0 Å². The summed E-state index contributed by atoms with van der Waals surface area (Å²) in [5.74, 6) is 0. The van der Waals surface area contributed by atoms with Crippen molar-refractivity contribution in [1.82, 2.24) is 0 Å². The molecule has 0 bridgehead atoms. The zero-order valence-electron chi connectivity index (χ0n) is 21.7. The van der Waals surface area contributed by atoms with Crippen molar-refractivity contribution >= 4 is 65.3 Å². The summed E-state index contributed by atoms with van der Waals surface area (Å²) in [7, 11) is 0. The Morgan fingerprint density at radius 1 is 0.375 bits per heavy atom. The van der Waals surface area contributed by atoms with Crippen LogP contribution in [0.15, 0.2) is 133 Å². The Kier molecular flexibility index (Phi) is 4.86. The van der Waals surface area contributed by atoms with Crippen LogP contribution in [0.5, 0.6) is 0 Å². The second-order valence-corrected chi connectivity index (χ2v) is 10.6. The van der Waals surface area contributed by atoms with Gasteiger partial charge in [0.25, 0.3) is 0 Å². The van der Waals surface area contributed by atoms with Crippen molar-refractivity contribution in [2.45, 2.75) is 0 Å². The summed E-state index contributed by atoms with van der Waals surface area (Å²) in [6, 6.07) is 46.6. The third-order valence-corrected chi connectivity index (χ3v) is 8.24. The van der Waals surface area contributed by atoms with E-state index in [0.717, 1.165) is 32.7 Å². The molecule has 0 aliphatic carbocycles. The summed E-state index contributed by atoms with van der Waals surface area (Å²) in [4.78, 5) is 0. The Morgan fingerprint density at radius 3 is 1.68 bits per heavy atom. The maximum atomic E-state index is 8.81. The average Bonchev–Trinajstić information content (AvgIpc) is 3.02. The molecule has 0 aliphatic heterocycles. The van der Waals surface area contributed by atoms with Crippen LogP contribution in [-0.2, 0) is 0 Å². The molecule has 0 fully saturated rings. The molecule has 2 nitrogen and oxygen atoms in total. The minimum Gasteiger partial charge on any atom is -0.298 e. The first kappa shape index (κ1) is 22.6. The molecule has 2 heteroatoms. The Labute approximate surface area is 231 Å². The van der Waals surface area contributed by atoms with E-state index in [4.69, 9.17) is 10.8 Å². The van der Waals surface area contributed by atoms with Gasteiger partial charge in [-0.25, -0.2) is 0 Å². The lowest BCUT2D eigenvalue weighted by Gasteiger charge is -2.15. The zero-order valence-corrected chi connectivity index (χ0v) is 21.7. The quantitative estimate of drug-likeness (QED) is 0.176. The normalized spacial score (nSPS) is 11.7. The van der Waals surface area contributed by atoms with Crippen LogP contribution in [0.1, 0.15) is 11.1 Å². The predicted molar refractivity (Wildman–Crippen MR) is 171 cm³/mol. The second kappa shape index (κ2) is 8.59. The van der Waals surface area contributed by atoms with Crippen LogP contribution < -0.4 is 0 Å². The maximum Gasteiger partial charge on any atom is 0.0867 e. The number of hydrogen-bond acceptors (Lipinski definition) is 2. The van der Waals surface area contributed by atoms with E-state index >= 15 is 0 Å². The molecule has 40 heavy (non-hydrogen) atoms. The number of rotatable bonds is 4. The van der Waals surface area contributed by atoms with Gasteiger partial charge < -0.3 is 0 Å². The zero-order chi connectivity index (χ0) is 26.8. The van der Waals surface area contributed by atoms with Crippen molar-refractivity contribution in [3.05, 3.63) is 145 Å². The fraction of sp³-hybridized carbons (Fsp3) is 0. The number of benzene rings is 8. The van der Waals surface area contributed by atoms with E-state index in [2.05, 4.69) is 84.9 Å². The fourth-order valence-corrected chi connectivity index (χ4v) is 6.20. The van der Waals surface area contributed by atoms with Crippen molar-refractivity contribution in [2.24, 2.45) is 0 Å². The van der Waals surface area contributed by atoms with Crippen LogP contribution in [0.3, 0.4) is 0 Å². The van der Waals surface area contributed by atoms with Crippen LogP contribution in [0.25, 0.3) is 65.0 Å². The molecule has 0 heterocycles. The minimum absolute atomic E-state index is 0.229. The molecule has 0 saturated carbocycles. The summed E-state index contributed by atoms with van der Waals surface area (Å²) in [6.45, 7) is 0. The maximum absolute atomic E-state index is 8.81. The molecule has 0 radical (unpaired) electrons. The van der Waals surface area contributed by atoms with Crippen molar-refractivity contribution < 1.29 is 0 Å². The fourth-order valence-electron chi connectivity index (χ4n) is 6.20. The van der Waals surface area contributed by atoms with Crippen molar-refractivity contribution in [3.8, 4) is 11.1 Å². The van der Waals surface area contributed by atoms with E-state index in [-0.39, 0.29) is 11.4 Å². The monoisotopic (exact) mass is 508 g/mol. The molecule has 2 N–H and O–H groups in total. The molecule has 0 aliphatic rings. The van der Waals surface area contributed by atoms with Gasteiger partial charge in [0, 0.05) is 11.1 Å². The van der Waals surface area contributed by atoms with E-state index < -0.39 is 0 Å². The smallest absolute Gasteiger partial charge is 0.0867 e. The molecular formula is C38H24N2. The van der Waals surface area contributed by atoms with Gasteiger partial charge in [0.05, 0.1) is 11.4 Å². The molecule has 0 saturated heterocycles. The van der Waals surface area contributed by atoms with E-state index in [1.165, 1.54) is 43.4 Å². The van der Waals surface area contributed by atoms with Gasteiger partial charge in [-0.2, -0.15) is 0 Å². The first-order valence-corrected chi connectivity index (χ1v) is 13.5. The van der Waals surface area contributed by atoms with Gasteiger partial charge >= 0.3 is 0 Å². The van der Waals surface area contributed by atoms with Crippen molar-refractivity contribution in [1.29, 1.82) is 10.8 Å². The third kappa shape index (κ3) is 3.43. The lowest BCUT2D eigenvalue weighted by Crippen LogP contribution is -2.14. The molecule has 0 aromatic heterocycles. The molecular weight excluding hydrogens is 484 g/mol. The Balaban J connectivity index is 1.20. The van der Waals surface area contributed by atoms with Gasteiger partial charge in [-0.05, 0) is 89.3 Å². The van der Waals surface area contributed by atoms with Gasteiger partial charge in [0.1, 0.15) is 0 Å². The highest BCUT2D eigenvalue weighted by Gasteiger charge is 2.15. The van der Waals surface area contributed by atoms with Crippen LogP contribution in [-0.4, -0.2) is 11.4 Å². The van der Waals surface area contributed by atoms with Gasteiger partial charge in [0.15, 0.2) is 0 Å². The summed E-state index contributed by atoms with van der Waals surface area (Å²) in [5, 5.41) is 29.7. The number of nitrogens with one attached hydrogen (secondary N) is 2. The molecule has 8 rings (SSSR count). The summed E-state index contributed by atoms with van der Waals surface area (Å²) >= 11 is 0. The highest BCUT2D eigenvalue weighted by Crippen LogP contribution is 2.40. The lowest BCUT2D eigenvalue weighted by molar-refractivity contribution is 1.46. The Bertz CT molecular complexity index is 2310. The van der Waals surface area contributed by atoms with Gasteiger partial charge in [0.2, 0.25) is 0 Å². The highest BCUT2D eigenvalue weighted by molar-refractivity contribution is 6.51. The summed E-state index contributed by atoms with van der Waals surface area (Å²) < 4.78 is 0. The summed E-state index contributed by atoms with van der Waals surface area (Å²) in [6.07, 6.45) is 0. The molecule has 0 atom stereocenters. The largest absolute Gasteiger partial charge is 0.298 e. The third-order valence-electron chi connectivity index (χ3n) is 8.24. The molecule has 0 amide bonds. The van der Waals surface area contributed by atoms with Gasteiger partial charge in [-0.1, -0.05) is 109 Å². The summed E-state index contributed by atoms with van der Waals surface area (Å²) in [5.41, 5.74) is 4.38. The SMILES string of the molecule is N=C(C(=N)c1ccc2cc(-c3cc4cccc5ccc6cccc3c6c54)ccc2c1)c1ccc2ccccc2c1. The number of fused-ring (bicyclic) bond motifs is 2. The molecule has 0 spiro atoms. The lowest BCUT2D eigenvalue weighted by atomic mass is 9.88.